The van der Waals surface area contributed by atoms with E-state index in [1.807, 2.05) is 0 Å². The number of aliphatic carboxylic acids is 1. The van der Waals surface area contributed by atoms with Crippen molar-refractivity contribution in [2.75, 3.05) is 0 Å². The van der Waals surface area contributed by atoms with Crippen molar-refractivity contribution in [1.29, 1.82) is 0 Å². The number of carbonyl (C=O) groups excluding carboxylic acids is 2. The maximum atomic E-state index is 9.82. The van der Waals surface area contributed by atoms with Crippen LogP contribution in [0.15, 0.2) is 0 Å². The van der Waals surface area contributed by atoms with E-state index in [4.69, 9.17) is 0 Å². The van der Waals surface area contributed by atoms with Gasteiger partial charge in [-0.25, -0.2) is 0 Å². The van der Waals surface area contributed by atoms with Gasteiger partial charge in [0, 0.05) is 18.3 Å². The second-order valence-electron chi connectivity index (χ2n) is 1.62. The second-order valence-corrected chi connectivity index (χ2v) is 1.62. The molecule has 46 valence electrons. The van der Waals surface area contributed by atoms with Gasteiger partial charge in [-0.05, 0) is 0 Å². The Bertz CT molecular complexity index is 97.8. The molecule has 0 saturated heterocycles. The molecule has 1 atom stereocenters. The summed E-state index contributed by atoms with van der Waals surface area (Å²) >= 11 is 0. The van der Waals surface area contributed by atoms with Crippen molar-refractivity contribution in [3.8, 4) is 0 Å². The van der Waals surface area contributed by atoms with E-state index < -0.39 is 11.9 Å². The quantitative estimate of drug-likeness (QED) is 0.441. The van der Waals surface area contributed by atoms with Crippen molar-refractivity contribution < 1.29 is 14.7 Å². The largest absolute Gasteiger partial charge is 0.550 e. The summed E-state index contributed by atoms with van der Waals surface area (Å²) < 4.78 is 0. The van der Waals surface area contributed by atoms with Gasteiger partial charge in [-0.15, -0.1) is 0 Å². The van der Waals surface area contributed by atoms with Gasteiger partial charge >= 0.3 is 0 Å². The molecule has 0 fully saturated rings. The van der Waals surface area contributed by atoms with E-state index in [0.717, 1.165) is 0 Å². The summed E-state index contributed by atoms with van der Waals surface area (Å²) in [5.74, 6) is -1.82. The number of rotatable bonds is 3. The first kappa shape index (κ1) is 7.14. The second kappa shape index (κ2) is 3.18. The predicted octanol–water partition coefficient (Wildman–Crippen LogP) is -1.04. The zero-order valence-electron chi connectivity index (χ0n) is 4.59. The standard InChI is InChI=1S/C5H8O3/c1-4(2-3-6)5(7)8/h3-4H,2H2,1H3,(H,7,8)/p-1. The van der Waals surface area contributed by atoms with E-state index in [2.05, 4.69) is 0 Å². The minimum atomic E-state index is -1.17. The fourth-order valence-corrected chi connectivity index (χ4v) is 0.241. The van der Waals surface area contributed by atoms with Crippen molar-refractivity contribution in [3.63, 3.8) is 0 Å². The van der Waals surface area contributed by atoms with Crippen molar-refractivity contribution in [2.24, 2.45) is 5.92 Å². The van der Waals surface area contributed by atoms with Crippen LogP contribution in [-0.2, 0) is 9.59 Å². The summed E-state index contributed by atoms with van der Waals surface area (Å²) in [7, 11) is 0. The molecule has 0 aromatic heterocycles. The fourth-order valence-electron chi connectivity index (χ4n) is 0.241. The molecule has 0 bridgehead atoms. The molecule has 0 aromatic rings. The number of aldehydes is 1. The van der Waals surface area contributed by atoms with Crippen LogP contribution in [0.25, 0.3) is 0 Å². The van der Waals surface area contributed by atoms with Gasteiger partial charge in [0.05, 0.1) is 0 Å². The minimum Gasteiger partial charge on any atom is -0.550 e. The Hall–Kier alpha value is -0.860. The van der Waals surface area contributed by atoms with E-state index >= 15 is 0 Å². The molecular weight excluding hydrogens is 108 g/mol. The van der Waals surface area contributed by atoms with Gasteiger partial charge in [-0.3, -0.25) is 0 Å². The number of hydrogen-bond donors (Lipinski definition) is 0. The summed E-state index contributed by atoms with van der Waals surface area (Å²) in [5, 5.41) is 9.82. The first-order valence-electron chi connectivity index (χ1n) is 2.33. The molecule has 0 saturated carbocycles. The lowest BCUT2D eigenvalue weighted by atomic mass is 10.1. The normalized spacial score (nSPS) is 12.6. The number of carboxylic acid groups (broad SMARTS) is 1. The van der Waals surface area contributed by atoms with Crippen LogP contribution < -0.4 is 5.11 Å². The van der Waals surface area contributed by atoms with Crippen LogP contribution in [0.1, 0.15) is 13.3 Å². The molecular formula is C5H7O3-. The molecule has 0 rings (SSSR count). The lowest BCUT2D eigenvalue weighted by molar-refractivity contribution is -0.310. The molecule has 1 unspecified atom stereocenters. The van der Waals surface area contributed by atoms with E-state index in [0.29, 0.717) is 6.29 Å². The Balaban J connectivity index is 3.46. The van der Waals surface area contributed by atoms with Gasteiger partial charge in [-0.1, -0.05) is 6.92 Å². The van der Waals surface area contributed by atoms with E-state index in [1.54, 1.807) is 0 Å². The average Bonchev–Trinajstić information content (AvgIpc) is 1.67. The molecule has 0 radical (unpaired) electrons. The molecule has 8 heavy (non-hydrogen) atoms. The molecule has 0 N–H and O–H groups in total. The van der Waals surface area contributed by atoms with E-state index in [-0.39, 0.29) is 6.42 Å². The number of carbonyl (C=O) groups is 2. The van der Waals surface area contributed by atoms with Crippen LogP contribution in [-0.4, -0.2) is 12.3 Å². The number of hydrogen-bond acceptors (Lipinski definition) is 3. The highest BCUT2D eigenvalue weighted by molar-refractivity contribution is 5.70. The molecule has 0 aliphatic carbocycles. The summed E-state index contributed by atoms with van der Waals surface area (Å²) in [6.07, 6.45) is 0.614. The van der Waals surface area contributed by atoms with Gasteiger partial charge in [-0.2, -0.15) is 0 Å². The zero-order chi connectivity index (χ0) is 6.57. The molecule has 0 spiro atoms. The zero-order valence-corrected chi connectivity index (χ0v) is 4.59. The minimum absolute atomic E-state index is 0.0440. The Morgan fingerprint density at radius 2 is 2.38 bits per heavy atom. The molecule has 3 heteroatoms. The maximum Gasteiger partial charge on any atom is 0.120 e. The van der Waals surface area contributed by atoms with Gasteiger partial charge in [0.2, 0.25) is 0 Å². The Morgan fingerprint density at radius 3 is 2.50 bits per heavy atom. The first-order chi connectivity index (χ1) is 3.68. The summed E-state index contributed by atoms with van der Waals surface area (Å²) in [6.45, 7) is 1.43. The Morgan fingerprint density at radius 1 is 1.88 bits per heavy atom. The molecule has 0 aliphatic heterocycles. The third-order valence-electron chi connectivity index (χ3n) is 0.852. The topological polar surface area (TPSA) is 57.2 Å². The van der Waals surface area contributed by atoms with Crippen LogP contribution in [0, 0.1) is 5.92 Å². The molecule has 0 heterocycles. The Kier molecular flexibility index (Phi) is 2.84. The highest BCUT2D eigenvalue weighted by Gasteiger charge is 1.98. The Labute approximate surface area is 47.3 Å². The molecule has 0 aromatic carbocycles. The third-order valence-corrected chi connectivity index (χ3v) is 0.852. The van der Waals surface area contributed by atoms with Gasteiger partial charge in [0.25, 0.3) is 0 Å². The van der Waals surface area contributed by atoms with Crippen LogP contribution in [0.2, 0.25) is 0 Å². The van der Waals surface area contributed by atoms with E-state index in [9.17, 15) is 14.7 Å². The van der Waals surface area contributed by atoms with Gasteiger partial charge < -0.3 is 14.7 Å². The summed E-state index contributed by atoms with van der Waals surface area (Å²) in [6, 6.07) is 0. The lowest BCUT2D eigenvalue weighted by Gasteiger charge is -2.05. The van der Waals surface area contributed by atoms with Crippen molar-refractivity contribution in [2.45, 2.75) is 13.3 Å². The van der Waals surface area contributed by atoms with Gasteiger partial charge in [0.1, 0.15) is 6.29 Å². The highest BCUT2D eigenvalue weighted by Crippen LogP contribution is 1.94. The average molecular weight is 115 g/mol. The number of carboxylic acids is 1. The highest BCUT2D eigenvalue weighted by atomic mass is 16.4. The van der Waals surface area contributed by atoms with Crippen molar-refractivity contribution in [1.82, 2.24) is 0 Å². The monoisotopic (exact) mass is 115 g/mol. The SMILES string of the molecule is CC(CC=O)C(=O)[O-]. The van der Waals surface area contributed by atoms with Gasteiger partial charge in [0.15, 0.2) is 0 Å². The van der Waals surface area contributed by atoms with Crippen LogP contribution >= 0.6 is 0 Å². The fraction of sp³-hybridized carbons (Fsp3) is 0.600. The molecule has 0 amide bonds. The van der Waals surface area contributed by atoms with Crippen molar-refractivity contribution >= 4 is 12.3 Å². The maximum absolute atomic E-state index is 9.82. The summed E-state index contributed by atoms with van der Waals surface area (Å²) in [5.41, 5.74) is 0. The van der Waals surface area contributed by atoms with Crippen LogP contribution in [0.3, 0.4) is 0 Å². The first-order valence-corrected chi connectivity index (χ1v) is 2.33. The van der Waals surface area contributed by atoms with Crippen molar-refractivity contribution in [3.05, 3.63) is 0 Å². The van der Waals surface area contributed by atoms with Crippen LogP contribution in [0.4, 0.5) is 0 Å². The smallest absolute Gasteiger partial charge is 0.120 e. The summed E-state index contributed by atoms with van der Waals surface area (Å²) in [4.78, 5) is 19.4. The molecule has 3 nitrogen and oxygen atoms in total. The lowest BCUT2D eigenvalue weighted by Crippen LogP contribution is -2.29. The van der Waals surface area contributed by atoms with Crippen LogP contribution in [0.5, 0.6) is 0 Å². The molecule has 0 aliphatic rings. The third kappa shape index (κ3) is 2.34. The van der Waals surface area contributed by atoms with E-state index in [1.165, 1.54) is 6.92 Å². The predicted molar refractivity (Wildman–Crippen MR) is 24.9 cm³/mol.